The van der Waals surface area contributed by atoms with Gasteiger partial charge >= 0.3 is 12.1 Å². The Hall–Kier alpha value is -4.61. The minimum Gasteiger partial charge on any atom is -0.467 e. The lowest BCUT2D eigenvalue weighted by atomic mass is 10.0. The molecule has 0 bridgehead atoms. The number of aryl methyl sites for hydroxylation is 1. The summed E-state index contributed by atoms with van der Waals surface area (Å²) in [6, 6.07) is 9.69. The number of carbonyl (C=O) groups excluding carboxylic acids is 1. The van der Waals surface area contributed by atoms with Crippen LogP contribution in [0, 0.1) is 12.7 Å². The first-order valence-electron chi connectivity index (χ1n) is 10.8. The van der Waals surface area contributed by atoms with E-state index in [-0.39, 0.29) is 28.4 Å². The molecule has 5 rings (SSSR count). The van der Waals surface area contributed by atoms with Crippen LogP contribution in [0.2, 0.25) is 0 Å². The molecule has 1 aromatic heterocycles. The predicted molar refractivity (Wildman–Crippen MR) is 122 cm³/mol. The van der Waals surface area contributed by atoms with Crippen molar-refractivity contribution in [3.05, 3.63) is 83.6 Å². The lowest BCUT2D eigenvalue weighted by Crippen LogP contribution is -2.23. The third-order valence-electron chi connectivity index (χ3n) is 5.64. The lowest BCUT2D eigenvalue weighted by molar-refractivity contribution is -0.144. The van der Waals surface area contributed by atoms with Gasteiger partial charge in [0.15, 0.2) is 11.6 Å². The molecule has 0 N–H and O–H groups in total. The van der Waals surface area contributed by atoms with Crippen molar-refractivity contribution in [2.24, 2.45) is 0 Å². The van der Waals surface area contributed by atoms with Gasteiger partial charge in [0.1, 0.15) is 22.9 Å². The van der Waals surface area contributed by atoms with Gasteiger partial charge in [-0.15, -0.1) is 0 Å². The summed E-state index contributed by atoms with van der Waals surface area (Å²) in [6.07, 6.45) is -1.93. The molecule has 0 saturated carbocycles. The van der Waals surface area contributed by atoms with Crippen LogP contribution in [0.15, 0.2) is 65.4 Å². The topological polar surface area (TPSA) is 95.9 Å². The minimum absolute atomic E-state index is 0.110. The number of alkyl halides is 3. The highest BCUT2D eigenvalue weighted by molar-refractivity contribution is 5.78. The second-order valence-electron chi connectivity index (χ2n) is 8.14. The van der Waals surface area contributed by atoms with Crippen molar-refractivity contribution in [3.63, 3.8) is 0 Å². The van der Waals surface area contributed by atoms with E-state index in [2.05, 4.69) is 20.2 Å². The van der Waals surface area contributed by atoms with Crippen molar-refractivity contribution in [1.82, 2.24) is 24.9 Å². The van der Waals surface area contributed by atoms with E-state index in [4.69, 9.17) is 9.26 Å². The Balaban J connectivity index is 1.56. The Labute approximate surface area is 206 Å². The first-order valence-corrected chi connectivity index (χ1v) is 10.8. The van der Waals surface area contributed by atoms with E-state index in [1.54, 1.807) is 13.0 Å². The number of benzene rings is 2. The van der Waals surface area contributed by atoms with Gasteiger partial charge in [-0.2, -0.15) is 18.3 Å². The number of rotatable bonds is 5. The summed E-state index contributed by atoms with van der Waals surface area (Å²) in [4.78, 5) is 21.3. The van der Waals surface area contributed by atoms with Gasteiger partial charge in [0.25, 0.3) is 0 Å². The summed E-state index contributed by atoms with van der Waals surface area (Å²) in [5.41, 5.74) is 0.0287. The van der Waals surface area contributed by atoms with Crippen LogP contribution in [0.4, 0.5) is 17.6 Å². The van der Waals surface area contributed by atoms with Crippen molar-refractivity contribution in [1.29, 1.82) is 0 Å². The number of methoxy groups -OCH3 is 1. The number of fused-ring (bicyclic) bond motifs is 1. The van der Waals surface area contributed by atoms with Crippen molar-refractivity contribution >= 4 is 5.97 Å². The maximum absolute atomic E-state index is 14.2. The van der Waals surface area contributed by atoms with Gasteiger partial charge in [0.05, 0.1) is 30.6 Å². The Kier molecular flexibility index (Phi) is 5.94. The summed E-state index contributed by atoms with van der Waals surface area (Å²) in [5.74, 6) is -1.30. The molecule has 12 heteroatoms. The van der Waals surface area contributed by atoms with Crippen LogP contribution in [-0.4, -0.2) is 38.0 Å². The molecule has 188 valence electrons. The maximum Gasteiger partial charge on any atom is 0.417 e. The molecule has 1 unspecified atom stereocenters. The van der Waals surface area contributed by atoms with E-state index in [0.717, 1.165) is 17.9 Å². The Bertz CT molecular complexity index is 1580. The Morgan fingerprint density at radius 2 is 1.78 bits per heavy atom. The first-order chi connectivity index (χ1) is 17.7. The van der Waals surface area contributed by atoms with E-state index >= 15 is 0 Å². The molecule has 2 aromatic carbocycles. The molecule has 0 amide bonds. The number of imidazole rings is 1. The number of esters is 1. The summed E-state index contributed by atoms with van der Waals surface area (Å²) in [7, 11) is 1.14. The number of aromatic nitrogens is 5. The Morgan fingerprint density at radius 1 is 1.03 bits per heavy atom. The quantitative estimate of drug-likeness (QED) is 0.233. The van der Waals surface area contributed by atoms with E-state index in [1.807, 2.05) is 0 Å². The molecule has 2 aliphatic rings. The van der Waals surface area contributed by atoms with E-state index in [9.17, 15) is 22.4 Å². The molecule has 0 saturated heterocycles. The molecule has 0 radical (unpaired) electrons. The molecule has 0 spiro atoms. The van der Waals surface area contributed by atoms with Crippen molar-refractivity contribution in [2.75, 3.05) is 7.11 Å². The maximum atomic E-state index is 14.2. The second-order valence-corrected chi connectivity index (χ2v) is 8.14. The molecule has 0 aliphatic carbocycles. The van der Waals surface area contributed by atoms with Gasteiger partial charge in [-0.05, 0) is 25.1 Å². The number of halogens is 4. The highest BCUT2D eigenvalue weighted by Crippen LogP contribution is 2.38. The molecule has 37 heavy (non-hydrogen) atoms. The monoisotopic (exact) mass is 511 g/mol. The molecule has 3 aromatic rings. The summed E-state index contributed by atoms with van der Waals surface area (Å²) in [6.45, 7) is 1.54. The smallest absolute Gasteiger partial charge is 0.417 e. The van der Waals surface area contributed by atoms with Gasteiger partial charge in [-0.1, -0.05) is 35.0 Å². The molecule has 2 aliphatic heterocycles. The fourth-order valence-electron chi connectivity index (χ4n) is 3.87. The minimum atomic E-state index is -4.63. The highest BCUT2D eigenvalue weighted by atomic mass is 19.4. The van der Waals surface area contributed by atoms with Crippen molar-refractivity contribution in [3.8, 4) is 34.0 Å². The summed E-state index contributed by atoms with van der Waals surface area (Å²) < 4.78 is 66.5. The zero-order valence-corrected chi connectivity index (χ0v) is 19.3. The van der Waals surface area contributed by atoms with Crippen LogP contribution < -0.4 is 0 Å². The van der Waals surface area contributed by atoms with Gasteiger partial charge < -0.3 is 9.26 Å². The van der Waals surface area contributed by atoms with Crippen molar-refractivity contribution < 1.29 is 31.6 Å². The second kappa shape index (κ2) is 9.12. The van der Waals surface area contributed by atoms with E-state index in [0.29, 0.717) is 17.0 Å². The fraction of sp³-hybridized carbons (Fsp3) is 0.160. The van der Waals surface area contributed by atoms with Gasteiger partial charge in [-0.25, -0.2) is 23.8 Å². The molecular formula is C25H17F4N5O3. The van der Waals surface area contributed by atoms with Crippen LogP contribution >= 0.6 is 0 Å². The molecule has 0 fully saturated rings. The normalized spacial score (nSPS) is 12.6. The molecule has 3 heterocycles. The number of nitrogens with zero attached hydrogens (tertiary/aromatic N) is 5. The first kappa shape index (κ1) is 24.1. The zero-order chi connectivity index (χ0) is 26.3. The number of carbonyl (C=O) groups is 1. The molecule has 8 nitrogen and oxygen atoms in total. The third kappa shape index (κ3) is 4.53. The summed E-state index contributed by atoms with van der Waals surface area (Å²) in [5, 5.41) is 7.96. The van der Waals surface area contributed by atoms with Gasteiger partial charge in [0.2, 0.25) is 6.04 Å². The number of ether oxygens (including phenoxy) is 1. The number of hydrogen-bond donors (Lipinski definition) is 0. The SMILES string of the molecule is COC(=O)C(c1cc(-c2ccc(C)cc2C(F)(F)F)no1)n1cc2nc(-c3ccccc3F)nc-2cn1. The largest absolute Gasteiger partial charge is 0.467 e. The van der Waals surface area contributed by atoms with Gasteiger partial charge in [0, 0.05) is 11.6 Å². The van der Waals surface area contributed by atoms with Crippen LogP contribution in [0.3, 0.4) is 0 Å². The van der Waals surface area contributed by atoms with Crippen LogP contribution in [-0.2, 0) is 15.7 Å². The average molecular weight is 511 g/mol. The predicted octanol–water partition coefficient (Wildman–Crippen LogP) is 5.33. The van der Waals surface area contributed by atoms with E-state index < -0.39 is 29.6 Å². The van der Waals surface area contributed by atoms with Crippen LogP contribution in [0.5, 0.6) is 0 Å². The lowest BCUT2D eigenvalue weighted by Gasteiger charge is -2.14. The summed E-state index contributed by atoms with van der Waals surface area (Å²) >= 11 is 0. The number of hydrogen-bond acceptors (Lipinski definition) is 7. The molecule has 1 atom stereocenters. The van der Waals surface area contributed by atoms with Crippen molar-refractivity contribution in [2.45, 2.75) is 19.1 Å². The van der Waals surface area contributed by atoms with E-state index in [1.165, 1.54) is 48.8 Å². The third-order valence-corrected chi connectivity index (χ3v) is 5.64. The molecular weight excluding hydrogens is 494 g/mol. The Morgan fingerprint density at radius 3 is 2.51 bits per heavy atom. The fourth-order valence-corrected chi connectivity index (χ4v) is 3.87. The average Bonchev–Trinajstić information content (AvgIpc) is 3.51. The zero-order valence-electron chi connectivity index (χ0n) is 19.3. The van der Waals surface area contributed by atoms with Crippen LogP contribution in [0.25, 0.3) is 34.0 Å². The van der Waals surface area contributed by atoms with Gasteiger partial charge in [-0.3, -0.25) is 0 Å². The standard InChI is InChI=1S/C25H17F4N5O3/c1-13-7-8-14(16(9-13)25(27,28)29)18-10-21(37-33-18)22(24(35)36-2)34-12-20-19(11-30-34)31-23(32-20)15-5-3-4-6-17(15)26/h3-12,22H,1-2H3. The van der Waals surface area contributed by atoms with Crippen LogP contribution in [0.1, 0.15) is 22.9 Å². The highest BCUT2D eigenvalue weighted by Gasteiger charge is 2.36.